The second-order valence-corrected chi connectivity index (χ2v) is 15.2. The number of hydrogen-bond acceptors (Lipinski definition) is 1. The Morgan fingerprint density at radius 2 is 0.810 bits per heavy atom. The molecule has 0 saturated heterocycles. The van der Waals surface area contributed by atoms with Crippen LogP contribution in [-0.2, 0) is 5.41 Å². The normalized spacial score (nSPS) is 15.0. The van der Waals surface area contributed by atoms with Crippen molar-refractivity contribution < 1.29 is 0 Å². The predicted molar refractivity (Wildman–Crippen MR) is 241 cm³/mol. The van der Waals surface area contributed by atoms with E-state index in [4.69, 9.17) is 0 Å². The standard InChI is InChI=1S/C57H37N/c1-5-16-40(17-6-1)42-28-34-45(35-29-42)58(46-36-30-43(31-37-46)41-18-7-2-8-19-41)47-38-32-44(33-39-47)48-23-15-24-52-51-22-13-14-27-55(51)57(56(48)52)53-25-11-3-9-20-49(53)50-21-10-4-12-26-54(50)57/h1-2,5-10,13-24,27-39H,25-26H2. The summed E-state index contributed by atoms with van der Waals surface area (Å²) in [5, 5.41) is 0. The number of rotatable bonds is 6. The summed E-state index contributed by atoms with van der Waals surface area (Å²) in [6, 6.07) is 64.0. The molecule has 0 radical (unpaired) electrons. The van der Waals surface area contributed by atoms with Gasteiger partial charge in [0.05, 0.1) is 5.41 Å². The molecule has 1 heteroatoms. The molecule has 0 amide bonds. The summed E-state index contributed by atoms with van der Waals surface area (Å²) < 4.78 is 0. The minimum atomic E-state index is -0.453. The van der Waals surface area contributed by atoms with E-state index in [2.05, 4.69) is 217 Å². The molecule has 0 bridgehead atoms. The van der Waals surface area contributed by atoms with Gasteiger partial charge in [-0.05, 0) is 139 Å². The lowest BCUT2D eigenvalue weighted by Gasteiger charge is -2.35. The summed E-state index contributed by atoms with van der Waals surface area (Å²) in [6.07, 6.45) is 9.93. The van der Waals surface area contributed by atoms with Gasteiger partial charge in [-0.15, -0.1) is 0 Å². The summed E-state index contributed by atoms with van der Waals surface area (Å²) in [5.41, 5.74) is 20.6. The van der Waals surface area contributed by atoms with Crippen molar-refractivity contribution in [2.24, 2.45) is 0 Å². The van der Waals surface area contributed by atoms with Gasteiger partial charge < -0.3 is 4.90 Å². The molecule has 0 aliphatic heterocycles. The van der Waals surface area contributed by atoms with Crippen LogP contribution in [0.15, 0.2) is 223 Å². The summed E-state index contributed by atoms with van der Waals surface area (Å²) in [5.74, 6) is 13.6. The number of benzene rings is 7. The van der Waals surface area contributed by atoms with E-state index in [1.165, 1.54) is 77.9 Å². The number of nitrogens with zero attached hydrogens (tertiary/aromatic N) is 1. The van der Waals surface area contributed by atoms with Crippen LogP contribution in [0.3, 0.4) is 0 Å². The van der Waals surface area contributed by atoms with Crippen LogP contribution < -0.4 is 4.90 Å². The highest BCUT2D eigenvalue weighted by molar-refractivity contribution is 5.95. The lowest BCUT2D eigenvalue weighted by Crippen LogP contribution is -2.29. The van der Waals surface area contributed by atoms with Crippen LogP contribution in [0.5, 0.6) is 0 Å². The zero-order valence-electron chi connectivity index (χ0n) is 31.9. The van der Waals surface area contributed by atoms with E-state index in [1.54, 1.807) is 0 Å². The monoisotopic (exact) mass is 735 g/mol. The molecule has 4 aliphatic rings. The van der Waals surface area contributed by atoms with Gasteiger partial charge in [0.1, 0.15) is 0 Å². The van der Waals surface area contributed by atoms with E-state index in [1.807, 2.05) is 12.2 Å². The fourth-order valence-corrected chi connectivity index (χ4v) is 9.73. The third-order valence-corrected chi connectivity index (χ3v) is 12.2. The maximum Gasteiger partial charge on any atom is 0.0676 e. The molecule has 0 fully saturated rings. The lowest BCUT2D eigenvalue weighted by molar-refractivity contribution is 0.713. The third-order valence-electron chi connectivity index (χ3n) is 12.2. The molecule has 11 rings (SSSR count). The maximum absolute atomic E-state index is 3.51. The van der Waals surface area contributed by atoms with Crippen molar-refractivity contribution in [1.82, 2.24) is 0 Å². The van der Waals surface area contributed by atoms with E-state index >= 15 is 0 Å². The van der Waals surface area contributed by atoms with Gasteiger partial charge in [0.15, 0.2) is 0 Å². The van der Waals surface area contributed by atoms with Crippen LogP contribution in [0, 0.1) is 23.7 Å². The zero-order chi connectivity index (χ0) is 38.5. The largest absolute Gasteiger partial charge is 0.311 e. The first kappa shape index (κ1) is 33.7. The maximum atomic E-state index is 3.51. The minimum absolute atomic E-state index is 0.453. The third kappa shape index (κ3) is 5.29. The van der Waals surface area contributed by atoms with Gasteiger partial charge in [-0.25, -0.2) is 0 Å². The predicted octanol–water partition coefficient (Wildman–Crippen LogP) is 14.0. The number of anilines is 3. The molecular formula is C57H37N. The first-order valence-electron chi connectivity index (χ1n) is 20.0. The van der Waals surface area contributed by atoms with Crippen molar-refractivity contribution in [2.45, 2.75) is 18.3 Å². The van der Waals surface area contributed by atoms with Gasteiger partial charge >= 0.3 is 0 Å². The van der Waals surface area contributed by atoms with Crippen molar-refractivity contribution >= 4 is 17.1 Å². The van der Waals surface area contributed by atoms with Gasteiger partial charge in [0, 0.05) is 29.9 Å². The average molecular weight is 736 g/mol. The molecule has 0 saturated carbocycles. The van der Waals surface area contributed by atoms with Crippen molar-refractivity contribution in [3.05, 3.63) is 234 Å². The Morgan fingerprint density at radius 1 is 0.379 bits per heavy atom. The van der Waals surface area contributed by atoms with E-state index in [0.29, 0.717) is 12.8 Å². The second-order valence-electron chi connectivity index (χ2n) is 15.2. The highest BCUT2D eigenvalue weighted by atomic mass is 15.1. The lowest BCUT2D eigenvalue weighted by atomic mass is 9.65. The van der Waals surface area contributed by atoms with Crippen LogP contribution in [0.25, 0.3) is 44.5 Å². The highest BCUT2D eigenvalue weighted by Gasteiger charge is 2.54. The molecule has 0 atom stereocenters. The van der Waals surface area contributed by atoms with Gasteiger partial charge in [0.2, 0.25) is 0 Å². The molecule has 1 nitrogen and oxygen atoms in total. The second kappa shape index (κ2) is 13.9. The summed E-state index contributed by atoms with van der Waals surface area (Å²) >= 11 is 0. The Kier molecular flexibility index (Phi) is 8.06. The van der Waals surface area contributed by atoms with Crippen molar-refractivity contribution in [3.8, 4) is 68.2 Å². The Hall–Kier alpha value is -7.58. The van der Waals surface area contributed by atoms with E-state index < -0.39 is 5.41 Å². The molecule has 58 heavy (non-hydrogen) atoms. The minimum Gasteiger partial charge on any atom is -0.311 e. The molecule has 4 aliphatic carbocycles. The number of allylic oxidation sites excluding steroid dienone is 8. The van der Waals surface area contributed by atoms with Gasteiger partial charge in [0.25, 0.3) is 0 Å². The van der Waals surface area contributed by atoms with Crippen LogP contribution in [0.1, 0.15) is 24.0 Å². The summed E-state index contributed by atoms with van der Waals surface area (Å²) in [4.78, 5) is 2.36. The Morgan fingerprint density at radius 3 is 1.34 bits per heavy atom. The van der Waals surface area contributed by atoms with Crippen LogP contribution in [-0.4, -0.2) is 0 Å². The van der Waals surface area contributed by atoms with Crippen LogP contribution >= 0.6 is 0 Å². The summed E-state index contributed by atoms with van der Waals surface area (Å²) in [7, 11) is 0. The Bertz CT molecular complexity index is 2870. The zero-order valence-corrected chi connectivity index (χ0v) is 31.9. The molecule has 1 spiro atoms. The first-order valence-corrected chi connectivity index (χ1v) is 20.0. The van der Waals surface area contributed by atoms with Crippen molar-refractivity contribution in [2.75, 3.05) is 4.90 Å². The topological polar surface area (TPSA) is 3.24 Å². The van der Waals surface area contributed by atoms with Gasteiger partial charge in [-0.1, -0.05) is 163 Å². The number of hydrogen-bond donors (Lipinski definition) is 0. The smallest absolute Gasteiger partial charge is 0.0676 e. The Labute approximate surface area is 340 Å². The fourth-order valence-electron chi connectivity index (χ4n) is 9.73. The fraction of sp³-hybridized carbons (Fsp3) is 0.0526. The molecule has 0 heterocycles. The SMILES string of the molecule is C1#CCC2=C(C=C1)C1=C(CC#CC=C1)C21c2ccccc2-c2cccc(-c3ccc(N(c4ccc(-c5ccccc5)cc4)c4ccc(-c5ccccc5)cc4)cc3)c21. The quantitative estimate of drug-likeness (QED) is 0.154. The van der Waals surface area contributed by atoms with E-state index in [0.717, 1.165) is 17.1 Å². The van der Waals surface area contributed by atoms with Crippen molar-refractivity contribution in [3.63, 3.8) is 0 Å². The van der Waals surface area contributed by atoms with Crippen LogP contribution in [0.4, 0.5) is 17.1 Å². The first-order chi connectivity index (χ1) is 28.8. The molecule has 7 aromatic rings. The molecule has 0 aromatic heterocycles. The number of fused-ring (bicyclic) bond motifs is 8. The van der Waals surface area contributed by atoms with Gasteiger partial charge in [-0.3, -0.25) is 0 Å². The molecule has 270 valence electrons. The molecule has 7 aromatic carbocycles. The average Bonchev–Trinajstić information content (AvgIpc) is 3.45. The summed E-state index contributed by atoms with van der Waals surface area (Å²) in [6.45, 7) is 0. The Balaban J connectivity index is 1.05. The molecule has 0 unspecified atom stereocenters. The van der Waals surface area contributed by atoms with E-state index in [-0.39, 0.29) is 0 Å². The van der Waals surface area contributed by atoms with Gasteiger partial charge in [-0.2, -0.15) is 0 Å². The molecular weight excluding hydrogens is 699 g/mol. The van der Waals surface area contributed by atoms with E-state index in [9.17, 15) is 0 Å². The van der Waals surface area contributed by atoms with Crippen molar-refractivity contribution in [1.29, 1.82) is 0 Å². The van der Waals surface area contributed by atoms with Crippen LogP contribution in [0.2, 0.25) is 0 Å². The highest BCUT2D eigenvalue weighted by Crippen LogP contribution is 2.65. The molecule has 0 N–H and O–H groups in total.